The van der Waals surface area contributed by atoms with Crippen molar-refractivity contribution < 1.29 is 9.90 Å². The van der Waals surface area contributed by atoms with Crippen molar-refractivity contribution in [2.45, 2.75) is 70.0 Å². The van der Waals surface area contributed by atoms with Gasteiger partial charge in [-0.3, -0.25) is 9.69 Å². The lowest BCUT2D eigenvalue weighted by atomic mass is 9.71. The van der Waals surface area contributed by atoms with E-state index in [1.165, 1.54) is 25.7 Å². The largest absolute Gasteiger partial charge is 0.481 e. The second kappa shape index (κ2) is 4.27. The highest BCUT2D eigenvalue weighted by molar-refractivity contribution is 5.71. The summed E-state index contributed by atoms with van der Waals surface area (Å²) in [4.78, 5) is 14.0. The van der Waals surface area contributed by atoms with Gasteiger partial charge in [-0.25, -0.2) is 0 Å². The van der Waals surface area contributed by atoms with Crippen LogP contribution in [0, 0.1) is 11.8 Å². The van der Waals surface area contributed by atoms with E-state index < -0.39 is 5.97 Å². The fraction of sp³-hybridized carbons (Fsp3) is 0.929. The van der Waals surface area contributed by atoms with Crippen LogP contribution in [0.2, 0.25) is 0 Å². The summed E-state index contributed by atoms with van der Waals surface area (Å²) in [6.45, 7) is 2.30. The molecule has 3 aliphatic heterocycles. The second-order valence-corrected chi connectivity index (χ2v) is 6.35. The monoisotopic (exact) mass is 237 g/mol. The molecular formula is C14H23NO2. The predicted molar refractivity (Wildman–Crippen MR) is 65.8 cm³/mol. The molecule has 0 unspecified atom stereocenters. The Morgan fingerprint density at radius 2 is 1.88 bits per heavy atom. The van der Waals surface area contributed by atoms with Gasteiger partial charge in [-0.1, -0.05) is 13.3 Å². The van der Waals surface area contributed by atoms with Crippen molar-refractivity contribution in [1.29, 1.82) is 0 Å². The third kappa shape index (κ3) is 1.88. The average Bonchev–Trinajstić information content (AvgIpc) is 2.28. The fourth-order valence-electron chi connectivity index (χ4n) is 4.58. The zero-order chi connectivity index (χ0) is 12.0. The molecule has 3 heteroatoms. The summed E-state index contributed by atoms with van der Waals surface area (Å²) in [6, 6.07) is 1.71. The first-order chi connectivity index (χ1) is 8.16. The number of piperidine rings is 3. The maximum atomic E-state index is 11.4. The van der Waals surface area contributed by atoms with E-state index in [-0.39, 0.29) is 5.92 Å². The third-order valence-electron chi connectivity index (χ3n) is 5.21. The summed E-state index contributed by atoms with van der Waals surface area (Å²) in [6.07, 6.45) is 8.35. The van der Waals surface area contributed by atoms with Gasteiger partial charge in [0.2, 0.25) is 0 Å². The quantitative estimate of drug-likeness (QED) is 0.761. The molecule has 0 saturated carbocycles. The Bertz CT molecular complexity index is 317. The van der Waals surface area contributed by atoms with Gasteiger partial charge in [0.25, 0.3) is 0 Å². The third-order valence-corrected chi connectivity index (χ3v) is 5.21. The summed E-state index contributed by atoms with van der Waals surface area (Å²) < 4.78 is 0. The highest BCUT2D eigenvalue weighted by atomic mass is 16.4. The molecule has 0 aromatic carbocycles. The minimum atomic E-state index is -0.563. The summed E-state index contributed by atoms with van der Waals surface area (Å²) in [5.41, 5.74) is 0. The van der Waals surface area contributed by atoms with Crippen LogP contribution in [-0.2, 0) is 4.79 Å². The summed E-state index contributed by atoms with van der Waals surface area (Å²) >= 11 is 0. The van der Waals surface area contributed by atoms with Crippen molar-refractivity contribution in [3.63, 3.8) is 0 Å². The lowest BCUT2D eigenvalue weighted by Gasteiger charge is -2.56. The van der Waals surface area contributed by atoms with Gasteiger partial charge in [0.05, 0.1) is 5.92 Å². The number of carbonyl (C=O) groups is 1. The lowest BCUT2D eigenvalue weighted by molar-refractivity contribution is -0.152. The van der Waals surface area contributed by atoms with Gasteiger partial charge in [-0.2, -0.15) is 0 Å². The molecule has 0 radical (unpaired) electrons. The molecule has 1 N–H and O–H groups in total. The van der Waals surface area contributed by atoms with E-state index in [9.17, 15) is 9.90 Å². The van der Waals surface area contributed by atoms with Gasteiger partial charge in [0.15, 0.2) is 0 Å². The normalized spacial score (nSPS) is 46.3. The minimum Gasteiger partial charge on any atom is -0.481 e. The Morgan fingerprint density at radius 3 is 2.65 bits per heavy atom. The molecule has 0 aromatic rings. The van der Waals surface area contributed by atoms with Crippen LogP contribution in [0.3, 0.4) is 0 Å². The fourth-order valence-corrected chi connectivity index (χ4v) is 4.58. The highest BCUT2D eigenvalue weighted by Gasteiger charge is 2.47. The summed E-state index contributed by atoms with van der Waals surface area (Å²) in [7, 11) is 0. The molecule has 3 rings (SSSR count). The SMILES string of the molecule is C[C@@H]1C[C@@H]2CCC[C@H]3CC[C@H](C(=O)O)[C@H](C1)N32. The Hall–Kier alpha value is -0.570. The van der Waals surface area contributed by atoms with Gasteiger partial charge in [-0.15, -0.1) is 0 Å². The highest BCUT2D eigenvalue weighted by Crippen LogP contribution is 2.44. The van der Waals surface area contributed by atoms with Crippen LogP contribution in [0.4, 0.5) is 0 Å². The first-order valence-electron chi connectivity index (χ1n) is 7.17. The Kier molecular flexibility index (Phi) is 2.89. The summed E-state index contributed by atoms with van der Waals surface area (Å²) in [5.74, 6) is 0.0430. The molecule has 0 amide bonds. The smallest absolute Gasteiger partial charge is 0.308 e. The molecule has 3 nitrogen and oxygen atoms in total. The van der Waals surface area contributed by atoms with Gasteiger partial charge in [0.1, 0.15) is 0 Å². The first kappa shape index (κ1) is 11.5. The van der Waals surface area contributed by atoms with Crippen LogP contribution < -0.4 is 0 Å². The van der Waals surface area contributed by atoms with E-state index in [4.69, 9.17) is 0 Å². The number of hydrogen-bond acceptors (Lipinski definition) is 2. The van der Waals surface area contributed by atoms with E-state index in [2.05, 4.69) is 11.8 Å². The van der Waals surface area contributed by atoms with Gasteiger partial charge < -0.3 is 5.11 Å². The molecule has 3 saturated heterocycles. The van der Waals surface area contributed by atoms with Crippen LogP contribution in [0.1, 0.15) is 51.9 Å². The van der Waals surface area contributed by atoms with Gasteiger partial charge in [-0.05, 0) is 44.4 Å². The van der Waals surface area contributed by atoms with E-state index in [0.29, 0.717) is 24.0 Å². The van der Waals surface area contributed by atoms with E-state index in [1.54, 1.807) is 0 Å². The average molecular weight is 237 g/mol. The molecule has 0 bridgehead atoms. The van der Waals surface area contributed by atoms with E-state index >= 15 is 0 Å². The first-order valence-corrected chi connectivity index (χ1v) is 7.17. The van der Waals surface area contributed by atoms with E-state index in [1.807, 2.05) is 0 Å². The molecular weight excluding hydrogens is 214 g/mol. The van der Waals surface area contributed by atoms with Crippen molar-refractivity contribution >= 4 is 5.97 Å². The Morgan fingerprint density at radius 1 is 1.12 bits per heavy atom. The van der Waals surface area contributed by atoms with Crippen LogP contribution in [0.25, 0.3) is 0 Å². The molecule has 0 aliphatic carbocycles. The molecule has 3 heterocycles. The number of nitrogens with zero attached hydrogens (tertiary/aromatic N) is 1. The zero-order valence-corrected chi connectivity index (χ0v) is 10.6. The standard InChI is InChI=1S/C14H23NO2/c1-9-7-11-4-2-3-10-5-6-12(14(16)17)13(8-9)15(10)11/h9-13H,2-8H2,1H3,(H,16,17)/t9-,10+,11+,12+,13+/m1/s1. The number of aliphatic carboxylic acids is 1. The summed E-state index contributed by atoms with van der Waals surface area (Å²) in [5, 5.41) is 9.40. The van der Waals surface area contributed by atoms with Crippen LogP contribution >= 0.6 is 0 Å². The lowest BCUT2D eigenvalue weighted by Crippen LogP contribution is -2.61. The maximum absolute atomic E-state index is 11.4. The van der Waals surface area contributed by atoms with Crippen molar-refractivity contribution in [2.75, 3.05) is 0 Å². The molecule has 3 fully saturated rings. The zero-order valence-electron chi connectivity index (χ0n) is 10.6. The second-order valence-electron chi connectivity index (χ2n) is 6.35. The topological polar surface area (TPSA) is 40.5 Å². The predicted octanol–water partition coefficient (Wildman–Crippen LogP) is 2.50. The number of carboxylic acid groups (broad SMARTS) is 1. The number of hydrogen-bond donors (Lipinski definition) is 1. The molecule has 0 aromatic heterocycles. The molecule has 3 aliphatic rings. The minimum absolute atomic E-state index is 0.102. The van der Waals surface area contributed by atoms with Crippen molar-refractivity contribution in [3.8, 4) is 0 Å². The molecule has 17 heavy (non-hydrogen) atoms. The van der Waals surface area contributed by atoms with Crippen molar-refractivity contribution in [2.24, 2.45) is 11.8 Å². The van der Waals surface area contributed by atoms with Crippen LogP contribution in [0.15, 0.2) is 0 Å². The number of carboxylic acids is 1. The Labute approximate surface area is 103 Å². The van der Waals surface area contributed by atoms with Gasteiger partial charge in [0, 0.05) is 18.1 Å². The van der Waals surface area contributed by atoms with Crippen LogP contribution in [0.5, 0.6) is 0 Å². The molecule has 5 atom stereocenters. The molecule has 0 spiro atoms. The van der Waals surface area contributed by atoms with Crippen molar-refractivity contribution in [3.05, 3.63) is 0 Å². The number of rotatable bonds is 1. The van der Waals surface area contributed by atoms with Gasteiger partial charge >= 0.3 is 5.97 Å². The van der Waals surface area contributed by atoms with Crippen LogP contribution in [-0.4, -0.2) is 34.1 Å². The van der Waals surface area contributed by atoms with E-state index in [0.717, 1.165) is 19.3 Å². The molecule has 96 valence electrons. The Balaban J connectivity index is 1.87. The van der Waals surface area contributed by atoms with Crippen molar-refractivity contribution in [1.82, 2.24) is 4.90 Å². The maximum Gasteiger partial charge on any atom is 0.308 e.